The molecule has 0 radical (unpaired) electrons. The van der Waals surface area contributed by atoms with Crippen molar-refractivity contribution in [2.45, 2.75) is 46.8 Å². The first kappa shape index (κ1) is 32.8. The van der Waals surface area contributed by atoms with Crippen LogP contribution in [0.3, 0.4) is 0 Å². The lowest BCUT2D eigenvalue weighted by atomic mass is 10.1. The van der Waals surface area contributed by atoms with E-state index in [9.17, 15) is 4.79 Å². The van der Waals surface area contributed by atoms with Gasteiger partial charge in [-0.3, -0.25) is 4.90 Å². The Morgan fingerprint density at radius 3 is 2.45 bits per heavy atom. The van der Waals surface area contributed by atoms with Gasteiger partial charge in [0.15, 0.2) is 5.82 Å². The molecule has 0 aliphatic carbocycles. The smallest absolute Gasteiger partial charge is 0.414 e. The van der Waals surface area contributed by atoms with Crippen LogP contribution in [0.25, 0.3) is 16.7 Å². The van der Waals surface area contributed by atoms with Crippen molar-refractivity contribution < 1.29 is 28.5 Å². The third kappa shape index (κ3) is 7.13. The Balaban J connectivity index is 1.59. The second-order valence-corrected chi connectivity index (χ2v) is 11.8. The fourth-order valence-electron chi connectivity index (χ4n) is 4.87. The number of fused-ring (bicyclic) bond motifs is 1. The molecular weight excluding hydrogens is 602 g/mol. The van der Waals surface area contributed by atoms with Gasteiger partial charge in [0.25, 0.3) is 0 Å². The molecule has 5 aromatic rings. The van der Waals surface area contributed by atoms with Gasteiger partial charge in [-0.25, -0.2) is 19.4 Å². The first-order chi connectivity index (χ1) is 22.4. The van der Waals surface area contributed by atoms with Gasteiger partial charge in [-0.15, -0.1) is 0 Å². The van der Waals surface area contributed by atoms with Gasteiger partial charge in [0, 0.05) is 36.9 Å². The zero-order valence-electron chi connectivity index (χ0n) is 28.0. The average molecular weight is 642 g/mol. The van der Waals surface area contributed by atoms with Gasteiger partial charge in [-0.05, 0) is 58.4 Å². The lowest BCUT2D eigenvalue weighted by molar-refractivity contribution is 0.0589. The number of aryl methyl sites for hydroxylation is 1. The average Bonchev–Trinajstić information content (AvgIpc) is 3.54. The van der Waals surface area contributed by atoms with E-state index in [1.54, 1.807) is 51.5 Å². The van der Waals surface area contributed by atoms with Gasteiger partial charge >= 0.3 is 6.09 Å². The fraction of sp³-hybridized carbons (Fsp3) is 0.324. The Hall–Kier alpha value is -5.59. The molecule has 13 nitrogen and oxygen atoms in total. The molecule has 5 rings (SSSR count). The molecular formula is C34H39N7O6. The molecule has 0 saturated carbocycles. The van der Waals surface area contributed by atoms with Gasteiger partial charge < -0.3 is 29.0 Å². The molecule has 13 heteroatoms. The molecule has 0 aliphatic heterocycles. The van der Waals surface area contributed by atoms with Crippen LogP contribution in [0.5, 0.6) is 28.9 Å². The monoisotopic (exact) mass is 641 g/mol. The van der Waals surface area contributed by atoms with Gasteiger partial charge in [0.2, 0.25) is 5.88 Å². The van der Waals surface area contributed by atoms with Crippen molar-refractivity contribution in [1.29, 1.82) is 0 Å². The number of carbonyl (C=O) groups excluding carboxylic acids is 1. The summed E-state index contributed by atoms with van der Waals surface area (Å²) in [5, 5.41) is 8.45. The minimum atomic E-state index is -0.645. The first-order valence-corrected chi connectivity index (χ1v) is 14.9. The van der Waals surface area contributed by atoms with E-state index in [0.29, 0.717) is 57.8 Å². The Morgan fingerprint density at radius 1 is 0.979 bits per heavy atom. The minimum Gasteiger partial charge on any atom is -0.497 e. The van der Waals surface area contributed by atoms with Crippen LogP contribution in [0.2, 0.25) is 0 Å². The molecule has 3 aromatic heterocycles. The number of nitrogens with one attached hydrogen (secondary N) is 1. The number of methoxy groups -OCH3 is 3. The molecule has 0 aliphatic rings. The van der Waals surface area contributed by atoms with Gasteiger partial charge in [0.05, 0.1) is 44.9 Å². The Bertz CT molecular complexity index is 1920. The standard InChI is InChI=1S/C34H39N7O6/c1-20-10-13-26(44-8)21(2)30(20)46-32-29-25(36-19-37-31(29)35-16-22-11-12-24(43-7)14-27(22)45-9)15-28(39-32)41-18-23(17-38-41)40(6)33(42)47-34(3,4)5/h10-15,17-19H,16H2,1-9H3,(H,35,36,37). The maximum absolute atomic E-state index is 12.7. The quantitative estimate of drug-likeness (QED) is 0.176. The molecule has 1 amide bonds. The Kier molecular flexibility index (Phi) is 9.36. The topological polar surface area (TPSA) is 135 Å². The van der Waals surface area contributed by atoms with E-state index in [2.05, 4.69) is 20.4 Å². The maximum atomic E-state index is 12.7. The number of rotatable bonds is 10. The molecule has 47 heavy (non-hydrogen) atoms. The van der Waals surface area contributed by atoms with Crippen LogP contribution in [0.4, 0.5) is 16.3 Å². The Morgan fingerprint density at radius 2 is 1.74 bits per heavy atom. The molecule has 0 fully saturated rings. The SMILES string of the molecule is COc1ccc(CNc2ncnc3cc(-n4cc(N(C)C(=O)OC(C)(C)C)cn4)nc(Oc4c(C)ccc(OC)c4C)c23)c(OC)c1. The van der Waals surface area contributed by atoms with Crippen molar-refractivity contribution in [2.24, 2.45) is 0 Å². The summed E-state index contributed by atoms with van der Waals surface area (Å²) in [5.74, 6) is 3.79. The summed E-state index contributed by atoms with van der Waals surface area (Å²) in [6, 6.07) is 11.2. The highest BCUT2D eigenvalue weighted by molar-refractivity contribution is 5.94. The number of amides is 1. The van der Waals surface area contributed by atoms with E-state index in [0.717, 1.165) is 16.7 Å². The van der Waals surface area contributed by atoms with E-state index in [4.69, 9.17) is 28.7 Å². The predicted molar refractivity (Wildman–Crippen MR) is 179 cm³/mol. The highest BCUT2D eigenvalue weighted by Crippen LogP contribution is 2.39. The molecule has 0 saturated heterocycles. The second-order valence-electron chi connectivity index (χ2n) is 11.8. The molecule has 1 N–H and O–H groups in total. The van der Waals surface area contributed by atoms with Crippen molar-refractivity contribution >= 4 is 28.5 Å². The van der Waals surface area contributed by atoms with Gasteiger partial charge in [0.1, 0.15) is 46.1 Å². The van der Waals surface area contributed by atoms with Crippen LogP contribution in [-0.4, -0.2) is 64.8 Å². The van der Waals surface area contributed by atoms with Crippen LogP contribution < -0.4 is 29.2 Å². The summed E-state index contributed by atoms with van der Waals surface area (Å²) in [4.78, 5) is 28.1. The van der Waals surface area contributed by atoms with E-state index < -0.39 is 11.7 Å². The summed E-state index contributed by atoms with van der Waals surface area (Å²) >= 11 is 0. The number of hydrogen-bond donors (Lipinski definition) is 1. The number of pyridine rings is 1. The van der Waals surface area contributed by atoms with Gasteiger partial charge in [-0.1, -0.05) is 6.07 Å². The number of nitrogens with zero attached hydrogens (tertiary/aromatic N) is 6. The predicted octanol–water partition coefficient (Wildman–Crippen LogP) is 6.63. The number of hydrogen-bond acceptors (Lipinski definition) is 11. The lowest BCUT2D eigenvalue weighted by Crippen LogP contribution is -2.33. The molecule has 2 aromatic carbocycles. The van der Waals surface area contributed by atoms with Crippen molar-refractivity contribution in [3.8, 4) is 34.7 Å². The number of benzene rings is 2. The molecule has 0 bridgehead atoms. The van der Waals surface area contributed by atoms with Crippen molar-refractivity contribution in [1.82, 2.24) is 24.7 Å². The molecule has 0 unspecified atom stereocenters. The number of ether oxygens (including phenoxy) is 5. The summed E-state index contributed by atoms with van der Waals surface area (Å²) < 4.78 is 30.2. The molecule has 0 spiro atoms. The van der Waals surface area contributed by atoms with Crippen LogP contribution in [0.15, 0.2) is 55.1 Å². The molecule has 246 valence electrons. The summed E-state index contributed by atoms with van der Waals surface area (Å²) in [6.45, 7) is 9.70. The van der Waals surface area contributed by atoms with Crippen LogP contribution in [0, 0.1) is 13.8 Å². The zero-order valence-corrected chi connectivity index (χ0v) is 28.0. The lowest BCUT2D eigenvalue weighted by Gasteiger charge is -2.23. The summed E-state index contributed by atoms with van der Waals surface area (Å²) in [6.07, 6.45) is 4.20. The first-order valence-electron chi connectivity index (χ1n) is 14.9. The second kappa shape index (κ2) is 13.4. The molecule has 0 atom stereocenters. The molecule has 3 heterocycles. The third-order valence-electron chi connectivity index (χ3n) is 7.34. The fourth-order valence-corrected chi connectivity index (χ4v) is 4.87. The zero-order chi connectivity index (χ0) is 33.9. The van der Waals surface area contributed by atoms with Gasteiger partial charge in [-0.2, -0.15) is 10.1 Å². The number of anilines is 2. The normalized spacial score (nSPS) is 11.3. The number of aromatic nitrogens is 5. The van der Waals surface area contributed by atoms with Crippen LogP contribution in [-0.2, 0) is 11.3 Å². The summed E-state index contributed by atoms with van der Waals surface area (Å²) in [5.41, 5.74) is 3.01. The number of carbonyl (C=O) groups is 1. The van der Waals surface area contributed by atoms with Crippen LogP contribution >= 0.6 is 0 Å². The highest BCUT2D eigenvalue weighted by atomic mass is 16.6. The van der Waals surface area contributed by atoms with E-state index in [1.807, 2.05) is 65.0 Å². The third-order valence-corrected chi connectivity index (χ3v) is 7.34. The Labute approximate surface area is 273 Å². The van der Waals surface area contributed by atoms with E-state index >= 15 is 0 Å². The minimum absolute atomic E-state index is 0.249. The maximum Gasteiger partial charge on any atom is 0.414 e. The van der Waals surface area contributed by atoms with Crippen molar-refractivity contribution in [2.75, 3.05) is 38.6 Å². The van der Waals surface area contributed by atoms with E-state index in [1.165, 1.54) is 11.2 Å². The van der Waals surface area contributed by atoms with Crippen LogP contribution in [0.1, 0.15) is 37.5 Å². The van der Waals surface area contributed by atoms with Crippen molar-refractivity contribution in [3.63, 3.8) is 0 Å². The highest BCUT2D eigenvalue weighted by Gasteiger charge is 2.23. The largest absolute Gasteiger partial charge is 0.497 e. The van der Waals surface area contributed by atoms with Crippen molar-refractivity contribution in [3.05, 3.63) is 71.8 Å². The van der Waals surface area contributed by atoms with E-state index in [-0.39, 0.29) is 5.88 Å². The summed E-state index contributed by atoms with van der Waals surface area (Å²) in [7, 11) is 6.45.